The standard InChI is InChI=1S/C18H17N3O4/c1-25-15-7-10(6-14(23)17(15)18(24)20-11-2-3-11)13-9-19-16-8-12(22)4-5-21(13)16/h4-9,11,19,23H,2-3H2,1H3,(H,20,24). The summed E-state index contributed by atoms with van der Waals surface area (Å²) in [4.78, 5) is 26.8. The van der Waals surface area contributed by atoms with E-state index in [1.807, 2.05) is 0 Å². The van der Waals surface area contributed by atoms with E-state index in [0.717, 1.165) is 18.5 Å². The van der Waals surface area contributed by atoms with Crippen molar-refractivity contribution in [2.75, 3.05) is 7.11 Å². The predicted octanol–water partition coefficient (Wildman–Crippen LogP) is 1.90. The van der Waals surface area contributed by atoms with Crippen LogP contribution in [0.25, 0.3) is 16.9 Å². The normalized spacial score (nSPS) is 13.8. The molecule has 4 rings (SSSR count). The van der Waals surface area contributed by atoms with Crippen LogP contribution in [0.2, 0.25) is 0 Å². The van der Waals surface area contributed by atoms with Crippen LogP contribution in [0, 0.1) is 0 Å². The molecule has 25 heavy (non-hydrogen) atoms. The first-order chi connectivity index (χ1) is 12.1. The molecule has 3 N–H and O–H groups in total. The molecule has 1 saturated carbocycles. The molecule has 2 heterocycles. The smallest absolute Gasteiger partial charge is 0.259 e. The third kappa shape index (κ3) is 2.73. The molecule has 128 valence electrons. The van der Waals surface area contributed by atoms with Crippen molar-refractivity contribution in [2.24, 2.45) is 0 Å². The molecule has 0 atom stereocenters. The molecule has 1 fully saturated rings. The van der Waals surface area contributed by atoms with Crippen molar-refractivity contribution < 1.29 is 14.6 Å². The van der Waals surface area contributed by atoms with E-state index in [4.69, 9.17) is 4.74 Å². The highest BCUT2D eigenvalue weighted by atomic mass is 16.5. The number of phenolic OH excluding ortho intramolecular Hbond substituents is 1. The summed E-state index contributed by atoms with van der Waals surface area (Å²) in [6.45, 7) is 0. The Hall–Kier alpha value is -3.22. The van der Waals surface area contributed by atoms with E-state index in [9.17, 15) is 14.7 Å². The van der Waals surface area contributed by atoms with Gasteiger partial charge in [-0.25, -0.2) is 0 Å². The second-order valence-corrected chi connectivity index (χ2v) is 6.11. The Kier molecular flexibility index (Phi) is 3.49. The molecule has 1 amide bonds. The lowest BCUT2D eigenvalue weighted by molar-refractivity contribution is 0.0945. The fourth-order valence-electron chi connectivity index (χ4n) is 2.86. The molecule has 0 unspecified atom stereocenters. The van der Waals surface area contributed by atoms with Gasteiger partial charge in [-0.05, 0) is 25.0 Å². The maximum absolute atomic E-state index is 12.3. The van der Waals surface area contributed by atoms with Crippen LogP contribution >= 0.6 is 0 Å². The van der Waals surface area contributed by atoms with Crippen LogP contribution < -0.4 is 15.5 Å². The maximum atomic E-state index is 12.3. The average Bonchev–Trinajstić information content (AvgIpc) is 3.30. The largest absolute Gasteiger partial charge is 0.507 e. The second kappa shape index (κ2) is 5.70. The van der Waals surface area contributed by atoms with Gasteiger partial charge < -0.3 is 24.5 Å². The van der Waals surface area contributed by atoms with E-state index in [-0.39, 0.29) is 28.7 Å². The number of fused-ring (bicyclic) bond motifs is 1. The van der Waals surface area contributed by atoms with Gasteiger partial charge in [0.15, 0.2) is 5.43 Å². The number of aromatic nitrogens is 2. The number of imidazole rings is 1. The number of carbonyl (C=O) groups excluding carboxylic acids is 1. The quantitative estimate of drug-likeness (QED) is 0.676. The molecule has 1 aromatic carbocycles. The van der Waals surface area contributed by atoms with Crippen LogP contribution in [0.3, 0.4) is 0 Å². The van der Waals surface area contributed by atoms with Gasteiger partial charge in [0.25, 0.3) is 5.91 Å². The Bertz CT molecular complexity index is 1030. The number of aromatic hydroxyl groups is 1. The van der Waals surface area contributed by atoms with Crippen LogP contribution in [0.5, 0.6) is 11.5 Å². The zero-order valence-corrected chi connectivity index (χ0v) is 13.6. The zero-order chi connectivity index (χ0) is 17.6. The number of nitrogens with one attached hydrogen (secondary N) is 2. The van der Waals surface area contributed by atoms with Crippen molar-refractivity contribution in [1.29, 1.82) is 0 Å². The Labute approximate surface area is 142 Å². The molecule has 0 spiro atoms. The number of hydrogen-bond donors (Lipinski definition) is 3. The molecular weight excluding hydrogens is 322 g/mol. The van der Waals surface area contributed by atoms with Gasteiger partial charge in [-0.15, -0.1) is 0 Å². The van der Waals surface area contributed by atoms with Crippen molar-refractivity contribution in [1.82, 2.24) is 14.7 Å². The molecule has 0 saturated heterocycles. The summed E-state index contributed by atoms with van der Waals surface area (Å²) in [6.07, 6.45) is 5.30. The summed E-state index contributed by atoms with van der Waals surface area (Å²) >= 11 is 0. The number of rotatable bonds is 4. The predicted molar refractivity (Wildman–Crippen MR) is 92.2 cm³/mol. The summed E-state index contributed by atoms with van der Waals surface area (Å²) in [7, 11) is 1.46. The van der Waals surface area contributed by atoms with Gasteiger partial charge in [-0.3, -0.25) is 9.59 Å². The van der Waals surface area contributed by atoms with Gasteiger partial charge in [0, 0.05) is 36.1 Å². The first-order valence-corrected chi connectivity index (χ1v) is 7.99. The summed E-state index contributed by atoms with van der Waals surface area (Å²) in [5.41, 5.74) is 2.06. The molecule has 0 aliphatic heterocycles. The van der Waals surface area contributed by atoms with Crippen molar-refractivity contribution in [3.05, 3.63) is 52.4 Å². The molecule has 0 radical (unpaired) electrons. The summed E-state index contributed by atoms with van der Waals surface area (Å²) < 4.78 is 7.12. The van der Waals surface area contributed by atoms with Crippen molar-refractivity contribution in [2.45, 2.75) is 18.9 Å². The van der Waals surface area contributed by atoms with Crippen molar-refractivity contribution in [3.8, 4) is 22.8 Å². The van der Waals surface area contributed by atoms with Gasteiger partial charge >= 0.3 is 0 Å². The SMILES string of the molecule is COc1cc(-c2c[nH]c3cc(=O)ccn23)cc(O)c1C(=O)NC1CC1. The third-order valence-electron chi connectivity index (χ3n) is 4.28. The van der Waals surface area contributed by atoms with E-state index in [1.54, 1.807) is 22.9 Å². The number of aromatic amines is 1. The minimum atomic E-state index is -0.342. The first kappa shape index (κ1) is 15.3. The van der Waals surface area contributed by atoms with Gasteiger partial charge in [0.1, 0.15) is 22.7 Å². The summed E-state index contributed by atoms with van der Waals surface area (Å²) in [5.74, 6) is -0.197. The molecule has 1 aliphatic carbocycles. The number of carbonyl (C=O) groups is 1. The minimum Gasteiger partial charge on any atom is -0.507 e. The molecule has 7 nitrogen and oxygen atoms in total. The van der Waals surface area contributed by atoms with Gasteiger partial charge in [0.2, 0.25) is 0 Å². The number of ether oxygens (including phenoxy) is 1. The first-order valence-electron chi connectivity index (χ1n) is 7.99. The van der Waals surface area contributed by atoms with E-state index >= 15 is 0 Å². The molecule has 0 bridgehead atoms. The number of nitrogens with zero attached hydrogens (tertiary/aromatic N) is 1. The molecule has 1 aliphatic rings. The molecular formula is C18H17N3O4. The number of amides is 1. The van der Waals surface area contributed by atoms with Crippen LogP contribution in [-0.4, -0.2) is 33.6 Å². The van der Waals surface area contributed by atoms with E-state index in [0.29, 0.717) is 17.0 Å². The Morgan fingerprint density at radius 2 is 2.16 bits per heavy atom. The van der Waals surface area contributed by atoms with E-state index < -0.39 is 0 Å². The van der Waals surface area contributed by atoms with Gasteiger partial charge in [-0.1, -0.05) is 0 Å². The highest BCUT2D eigenvalue weighted by Crippen LogP contribution is 2.35. The maximum Gasteiger partial charge on any atom is 0.259 e. The van der Waals surface area contributed by atoms with Crippen molar-refractivity contribution in [3.63, 3.8) is 0 Å². The number of benzene rings is 1. The highest BCUT2D eigenvalue weighted by Gasteiger charge is 2.27. The minimum absolute atomic E-state index is 0.0964. The molecule has 3 aromatic rings. The average molecular weight is 339 g/mol. The van der Waals surface area contributed by atoms with Crippen LogP contribution in [0.4, 0.5) is 0 Å². The number of hydrogen-bond acceptors (Lipinski definition) is 4. The van der Waals surface area contributed by atoms with Gasteiger partial charge in [-0.2, -0.15) is 0 Å². The fourth-order valence-corrected chi connectivity index (χ4v) is 2.86. The van der Waals surface area contributed by atoms with E-state index in [2.05, 4.69) is 10.3 Å². The van der Waals surface area contributed by atoms with Crippen LogP contribution in [-0.2, 0) is 0 Å². The Morgan fingerprint density at radius 3 is 2.88 bits per heavy atom. The number of methoxy groups -OCH3 is 1. The number of pyridine rings is 1. The topological polar surface area (TPSA) is 95.8 Å². The summed E-state index contributed by atoms with van der Waals surface area (Å²) in [6, 6.07) is 6.34. The monoisotopic (exact) mass is 339 g/mol. The lowest BCUT2D eigenvalue weighted by Gasteiger charge is -2.13. The van der Waals surface area contributed by atoms with Crippen LogP contribution in [0.1, 0.15) is 23.2 Å². The number of H-pyrrole nitrogens is 1. The Morgan fingerprint density at radius 1 is 1.36 bits per heavy atom. The van der Waals surface area contributed by atoms with E-state index in [1.165, 1.54) is 25.3 Å². The lowest BCUT2D eigenvalue weighted by atomic mass is 10.1. The van der Waals surface area contributed by atoms with Crippen molar-refractivity contribution >= 4 is 11.6 Å². The number of phenols is 1. The van der Waals surface area contributed by atoms with Gasteiger partial charge in [0.05, 0.1) is 12.8 Å². The summed E-state index contributed by atoms with van der Waals surface area (Å²) in [5, 5.41) is 13.3. The zero-order valence-electron chi connectivity index (χ0n) is 13.6. The molecule has 2 aromatic heterocycles. The fraction of sp³-hybridized carbons (Fsp3) is 0.222. The highest BCUT2D eigenvalue weighted by molar-refractivity contribution is 6.00. The molecule has 7 heteroatoms. The lowest BCUT2D eigenvalue weighted by Crippen LogP contribution is -2.26. The second-order valence-electron chi connectivity index (χ2n) is 6.11. The van der Waals surface area contributed by atoms with Crippen LogP contribution in [0.15, 0.2) is 41.5 Å². The third-order valence-corrected chi connectivity index (χ3v) is 4.28. The Balaban J connectivity index is 1.81.